The minimum atomic E-state index is -4.34. The Morgan fingerprint density at radius 3 is 2.21 bits per heavy atom. The number of piperazine rings is 1. The molecule has 0 saturated carbocycles. The van der Waals surface area contributed by atoms with Crippen LogP contribution >= 0.6 is 11.6 Å². The Morgan fingerprint density at radius 2 is 1.64 bits per heavy atom. The van der Waals surface area contributed by atoms with Gasteiger partial charge in [-0.25, -0.2) is 12.8 Å². The van der Waals surface area contributed by atoms with Crippen LogP contribution in [-0.2, 0) is 10.0 Å². The van der Waals surface area contributed by atoms with Crippen molar-refractivity contribution in [1.82, 2.24) is 9.21 Å². The number of rotatable bonds is 5. The van der Waals surface area contributed by atoms with E-state index < -0.39 is 27.9 Å². The molecule has 2 aromatic carbocycles. The van der Waals surface area contributed by atoms with E-state index in [1.807, 2.05) is 0 Å². The molecule has 0 spiro atoms. The number of carbonyl (C=O) groups is 1. The van der Waals surface area contributed by atoms with Crippen LogP contribution in [-0.4, -0.2) is 75.1 Å². The molecule has 3 saturated heterocycles. The van der Waals surface area contributed by atoms with Gasteiger partial charge in [0.2, 0.25) is 10.0 Å². The van der Waals surface area contributed by atoms with E-state index in [0.29, 0.717) is 24.5 Å². The number of fused-ring (bicyclic) bond motifs is 2. The number of anilines is 1. The van der Waals surface area contributed by atoms with Crippen LogP contribution in [0.4, 0.5) is 23.2 Å². The van der Waals surface area contributed by atoms with Gasteiger partial charge in [0.25, 0.3) is 5.91 Å². The molecule has 3 fully saturated rings. The lowest BCUT2D eigenvalue weighted by Crippen LogP contribution is -2.55. The minimum Gasteiger partial charge on any atom is -0.495 e. The SMILES string of the molecule is COc1ccc(S(=O)(=O)N2CCC(C(F)(F)F)CC2)cc1N1C2CCC1CN(C(=O)c1ccc(F)cc1Cl)C2. The zero-order valence-corrected chi connectivity index (χ0v) is 22.7. The zero-order chi connectivity index (χ0) is 28.1. The second-order valence-electron chi connectivity index (χ2n) is 10.2. The Bertz CT molecular complexity index is 1350. The molecule has 2 unspecified atom stereocenters. The number of ether oxygens (including phenoxy) is 1. The van der Waals surface area contributed by atoms with E-state index in [4.69, 9.17) is 16.3 Å². The van der Waals surface area contributed by atoms with E-state index in [9.17, 15) is 30.8 Å². The maximum absolute atomic E-state index is 13.5. The van der Waals surface area contributed by atoms with Crippen molar-refractivity contribution in [3.05, 3.63) is 52.8 Å². The number of nitrogens with zero attached hydrogens (tertiary/aromatic N) is 3. The molecular formula is C26H28ClF4N3O4S. The molecule has 7 nitrogen and oxygen atoms in total. The number of hydrogen-bond acceptors (Lipinski definition) is 5. The Labute approximate surface area is 229 Å². The summed E-state index contributed by atoms with van der Waals surface area (Å²) in [5.41, 5.74) is 0.772. The molecule has 13 heteroatoms. The topological polar surface area (TPSA) is 70.2 Å². The summed E-state index contributed by atoms with van der Waals surface area (Å²) in [4.78, 5) is 16.9. The van der Waals surface area contributed by atoms with E-state index >= 15 is 0 Å². The number of alkyl halides is 3. The third-order valence-corrected chi connectivity index (χ3v) is 10.1. The molecule has 5 rings (SSSR count). The van der Waals surface area contributed by atoms with Crippen molar-refractivity contribution >= 4 is 33.2 Å². The Morgan fingerprint density at radius 1 is 1.00 bits per heavy atom. The van der Waals surface area contributed by atoms with Crippen molar-refractivity contribution in [3.8, 4) is 5.75 Å². The summed E-state index contributed by atoms with van der Waals surface area (Å²) >= 11 is 6.12. The second kappa shape index (κ2) is 10.4. The highest BCUT2D eigenvalue weighted by molar-refractivity contribution is 7.89. The lowest BCUT2D eigenvalue weighted by atomic mass is 9.98. The molecule has 2 aromatic rings. The number of likely N-dealkylation sites (tertiary alicyclic amines) is 1. The summed E-state index contributed by atoms with van der Waals surface area (Å²) in [6, 6.07) is 7.88. The van der Waals surface area contributed by atoms with E-state index in [1.165, 1.54) is 31.4 Å². The Kier molecular flexibility index (Phi) is 7.49. The first-order valence-electron chi connectivity index (χ1n) is 12.7. The third-order valence-electron chi connectivity index (χ3n) is 7.91. The molecule has 3 aliphatic heterocycles. The Balaban J connectivity index is 1.38. The van der Waals surface area contributed by atoms with E-state index in [0.717, 1.165) is 23.2 Å². The maximum atomic E-state index is 13.5. The summed E-state index contributed by atoms with van der Waals surface area (Å²) in [5.74, 6) is -1.88. The van der Waals surface area contributed by atoms with Gasteiger partial charge in [0, 0.05) is 38.3 Å². The monoisotopic (exact) mass is 589 g/mol. The van der Waals surface area contributed by atoms with Crippen LogP contribution in [0.1, 0.15) is 36.0 Å². The fraction of sp³-hybridized carbons (Fsp3) is 0.500. The minimum absolute atomic E-state index is 0.0141. The average Bonchev–Trinajstić information content (AvgIpc) is 3.15. The van der Waals surface area contributed by atoms with Crippen molar-refractivity contribution in [3.63, 3.8) is 0 Å². The lowest BCUT2D eigenvalue weighted by Gasteiger charge is -2.43. The van der Waals surface area contributed by atoms with E-state index in [-0.39, 0.29) is 59.4 Å². The van der Waals surface area contributed by atoms with Crippen molar-refractivity contribution < 1.29 is 35.5 Å². The van der Waals surface area contributed by atoms with Crippen molar-refractivity contribution in [2.75, 3.05) is 38.2 Å². The van der Waals surface area contributed by atoms with Gasteiger partial charge in [-0.2, -0.15) is 17.5 Å². The zero-order valence-electron chi connectivity index (χ0n) is 21.1. The number of amides is 1. The molecule has 3 heterocycles. The number of halogens is 5. The van der Waals surface area contributed by atoms with Gasteiger partial charge in [-0.15, -0.1) is 0 Å². The molecule has 0 aromatic heterocycles. The van der Waals surface area contributed by atoms with Crippen LogP contribution in [0, 0.1) is 11.7 Å². The van der Waals surface area contributed by atoms with Crippen LogP contribution in [0.5, 0.6) is 5.75 Å². The molecule has 0 aliphatic carbocycles. The smallest absolute Gasteiger partial charge is 0.391 e. The fourth-order valence-electron chi connectivity index (χ4n) is 5.90. The largest absolute Gasteiger partial charge is 0.495 e. The second-order valence-corrected chi connectivity index (χ2v) is 12.5. The van der Waals surface area contributed by atoms with Gasteiger partial charge in [-0.3, -0.25) is 4.79 Å². The van der Waals surface area contributed by atoms with Gasteiger partial charge in [-0.05, 0) is 62.1 Å². The van der Waals surface area contributed by atoms with Gasteiger partial charge >= 0.3 is 6.18 Å². The molecule has 212 valence electrons. The quantitative estimate of drug-likeness (QED) is 0.462. The number of carbonyl (C=O) groups excluding carboxylic acids is 1. The summed E-state index contributed by atoms with van der Waals surface area (Å²) in [6.45, 7) is 0.306. The molecule has 0 radical (unpaired) electrons. The Hall–Kier alpha value is -2.57. The van der Waals surface area contributed by atoms with Gasteiger partial charge in [0.1, 0.15) is 11.6 Å². The average molecular weight is 590 g/mol. The number of benzene rings is 2. The number of sulfonamides is 1. The molecule has 2 bridgehead atoms. The van der Waals surface area contributed by atoms with Crippen molar-refractivity contribution in [2.24, 2.45) is 5.92 Å². The number of hydrogen-bond donors (Lipinski definition) is 0. The van der Waals surface area contributed by atoms with Crippen molar-refractivity contribution in [2.45, 2.75) is 48.8 Å². The molecule has 39 heavy (non-hydrogen) atoms. The van der Waals surface area contributed by atoms with E-state index in [2.05, 4.69) is 4.90 Å². The summed E-state index contributed by atoms with van der Waals surface area (Å²) in [5, 5.41) is 0.0358. The molecule has 3 aliphatic rings. The first-order valence-corrected chi connectivity index (χ1v) is 14.5. The van der Waals surface area contributed by atoms with Crippen LogP contribution in [0.25, 0.3) is 0 Å². The highest BCUT2D eigenvalue weighted by Gasteiger charge is 2.45. The van der Waals surface area contributed by atoms with Gasteiger partial charge in [0.15, 0.2) is 0 Å². The summed E-state index contributed by atoms with van der Waals surface area (Å²) in [6.07, 6.45) is -3.37. The first kappa shape index (κ1) is 28.0. The molecular weight excluding hydrogens is 562 g/mol. The van der Waals surface area contributed by atoms with Crippen LogP contribution in [0.15, 0.2) is 41.3 Å². The first-order chi connectivity index (χ1) is 18.4. The molecule has 2 atom stereocenters. The van der Waals surface area contributed by atoms with Crippen LogP contribution < -0.4 is 9.64 Å². The van der Waals surface area contributed by atoms with Crippen LogP contribution in [0.2, 0.25) is 5.02 Å². The molecule has 1 amide bonds. The third kappa shape index (κ3) is 5.30. The van der Waals surface area contributed by atoms with E-state index in [1.54, 1.807) is 11.0 Å². The fourth-order valence-corrected chi connectivity index (χ4v) is 7.64. The summed E-state index contributed by atoms with van der Waals surface area (Å²) in [7, 11) is -2.55. The highest BCUT2D eigenvalue weighted by atomic mass is 35.5. The van der Waals surface area contributed by atoms with Gasteiger partial charge in [-0.1, -0.05) is 11.6 Å². The predicted octanol–water partition coefficient (Wildman–Crippen LogP) is 4.94. The van der Waals surface area contributed by atoms with Crippen molar-refractivity contribution in [1.29, 1.82) is 0 Å². The highest BCUT2D eigenvalue weighted by Crippen LogP contribution is 2.42. The van der Waals surface area contributed by atoms with Gasteiger partial charge < -0.3 is 14.5 Å². The number of methoxy groups -OCH3 is 1. The maximum Gasteiger partial charge on any atom is 0.391 e. The van der Waals surface area contributed by atoms with Crippen LogP contribution in [0.3, 0.4) is 0 Å². The summed E-state index contributed by atoms with van der Waals surface area (Å²) < 4.78 is 86.2. The predicted molar refractivity (Wildman–Crippen MR) is 137 cm³/mol. The van der Waals surface area contributed by atoms with Gasteiger partial charge in [0.05, 0.1) is 34.2 Å². The standard InChI is InChI=1S/C26H28ClF4N3O4S/c1-38-24-7-5-20(39(36,37)33-10-8-16(9-11-33)26(29,30)31)13-23(24)34-18-3-4-19(34)15-32(14-18)25(35)21-6-2-17(28)12-22(21)27/h2,5-7,12-13,16,18-19H,3-4,8-11,14-15H2,1H3. The molecule has 0 N–H and O–H groups in total. The lowest BCUT2D eigenvalue weighted by molar-refractivity contribution is -0.182. The normalized spacial score (nSPS) is 22.8. The number of piperidine rings is 1.